The van der Waals surface area contributed by atoms with Gasteiger partial charge in [-0.1, -0.05) is 5.57 Å². The van der Waals surface area contributed by atoms with Crippen molar-refractivity contribution in [1.82, 2.24) is 34.1 Å². The lowest BCUT2D eigenvalue weighted by atomic mass is 9.65. The minimum Gasteiger partial charge on any atom is -0.291 e. The number of carbonyl (C=O) groups is 1. The van der Waals surface area contributed by atoms with Gasteiger partial charge in [-0.2, -0.15) is 19.3 Å². The van der Waals surface area contributed by atoms with Crippen LogP contribution < -0.4 is 0 Å². The van der Waals surface area contributed by atoms with Crippen LogP contribution in [0.25, 0.3) is 11.8 Å². The highest BCUT2D eigenvalue weighted by molar-refractivity contribution is 7.89. The van der Waals surface area contributed by atoms with E-state index in [1.54, 1.807) is 40.9 Å². The van der Waals surface area contributed by atoms with Crippen molar-refractivity contribution >= 4 is 33.2 Å². The molecule has 1 aliphatic heterocycles. The van der Waals surface area contributed by atoms with Gasteiger partial charge >= 0.3 is 0 Å². The van der Waals surface area contributed by atoms with E-state index in [0.717, 1.165) is 16.8 Å². The number of Topliss-reactive ketones (excluding diaryl/α,β-unsaturated/α-hetero) is 1. The predicted octanol–water partition coefficient (Wildman–Crippen LogP) is 2.50. The van der Waals surface area contributed by atoms with E-state index in [-0.39, 0.29) is 36.1 Å². The molecule has 0 radical (unpaired) electrons. The second-order valence-corrected chi connectivity index (χ2v) is 11.4. The van der Waals surface area contributed by atoms with E-state index in [0.29, 0.717) is 17.8 Å². The maximum Gasteiger partial charge on any atom is 0.264 e. The Balaban J connectivity index is 1.45. The normalized spacial score (nSPS) is 20.0. The van der Waals surface area contributed by atoms with E-state index in [2.05, 4.69) is 20.3 Å². The summed E-state index contributed by atoms with van der Waals surface area (Å²) in [5, 5.41) is 13.9. The average Bonchev–Trinajstić information content (AvgIpc) is 3.63. The maximum atomic E-state index is 13.9. The van der Waals surface area contributed by atoms with Crippen molar-refractivity contribution < 1.29 is 17.6 Å². The molecular weight excluding hydrogens is 505 g/mol. The van der Waals surface area contributed by atoms with Gasteiger partial charge in [-0.3, -0.25) is 4.79 Å². The fourth-order valence-corrected chi connectivity index (χ4v) is 6.88. The molecule has 36 heavy (non-hydrogen) atoms. The number of hydrogen-bond donors (Lipinski definition) is 0. The third-order valence-electron chi connectivity index (χ3n) is 6.73. The molecule has 0 spiro atoms. The van der Waals surface area contributed by atoms with E-state index in [1.165, 1.54) is 38.8 Å². The molecule has 184 valence electrons. The van der Waals surface area contributed by atoms with Crippen LogP contribution in [0.5, 0.6) is 0 Å². The largest absolute Gasteiger partial charge is 0.291 e. The van der Waals surface area contributed by atoms with Crippen molar-refractivity contribution in [3.63, 3.8) is 0 Å². The number of rotatable bonds is 5. The number of carbonyl (C=O) groups excluding carboxylic acids is 1. The molecule has 1 fully saturated rings. The summed E-state index contributed by atoms with van der Waals surface area (Å²) in [6.07, 6.45) is 5.42. The zero-order chi connectivity index (χ0) is 25.1. The van der Waals surface area contributed by atoms with Crippen LogP contribution in [-0.2, 0) is 23.5 Å². The number of ketones is 1. The summed E-state index contributed by atoms with van der Waals surface area (Å²) in [7, 11) is -2.42. The first-order valence-electron chi connectivity index (χ1n) is 11.1. The third kappa shape index (κ3) is 3.53. The van der Waals surface area contributed by atoms with Gasteiger partial charge in [-0.05, 0) is 48.7 Å². The molecule has 0 bridgehead atoms. The Bertz CT molecular complexity index is 1610. The Morgan fingerprint density at radius 2 is 1.97 bits per heavy atom. The number of sulfonamides is 1. The average molecular weight is 526 g/mol. The van der Waals surface area contributed by atoms with Crippen LogP contribution in [0.3, 0.4) is 0 Å². The van der Waals surface area contributed by atoms with Crippen molar-refractivity contribution in [3.8, 4) is 5.69 Å². The van der Waals surface area contributed by atoms with Crippen molar-refractivity contribution in [1.29, 1.82) is 0 Å². The van der Waals surface area contributed by atoms with Gasteiger partial charge in [0.25, 0.3) is 10.0 Å². The monoisotopic (exact) mass is 525 g/mol. The number of benzene rings is 1. The van der Waals surface area contributed by atoms with Crippen LogP contribution in [0, 0.1) is 11.2 Å². The Morgan fingerprint density at radius 1 is 1.17 bits per heavy atom. The lowest BCUT2D eigenvalue weighted by molar-refractivity contribution is 0.0770. The molecule has 1 saturated heterocycles. The Kier molecular flexibility index (Phi) is 5.24. The SMILES string of the molecule is Cn1ncc(S(=O)(=O)N2CCC3=Cc4c(cnn4-c4ccc(F)cc4)C[C@]3(C(=O)c3cscn3)C2)n1. The molecule has 2 aliphatic rings. The molecule has 0 saturated carbocycles. The molecule has 6 rings (SSSR count). The molecule has 4 aromatic rings. The maximum absolute atomic E-state index is 13.9. The first-order chi connectivity index (χ1) is 17.3. The Morgan fingerprint density at radius 3 is 2.67 bits per heavy atom. The number of thiazole rings is 1. The van der Waals surface area contributed by atoms with E-state index >= 15 is 0 Å². The fraction of sp³-hybridized carbons (Fsp3) is 0.261. The quantitative estimate of drug-likeness (QED) is 0.368. The molecule has 0 N–H and O–H groups in total. The molecule has 0 unspecified atom stereocenters. The Hall–Kier alpha value is -3.55. The van der Waals surface area contributed by atoms with E-state index < -0.39 is 15.4 Å². The smallest absolute Gasteiger partial charge is 0.264 e. The number of aromatic nitrogens is 6. The van der Waals surface area contributed by atoms with Crippen LogP contribution in [-0.4, -0.2) is 61.4 Å². The third-order valence-corrected chi connectivity index (χ3v) is 9.03. The standard InChI is InChI=1S/C23H20FN7O3S2/c1-29-26-11-21(28-29)36(33,34)30-7-6-16-8-20-15(10-27-31(20)18-4-2-17(24)3-5-18)9-23(16,13-30)22(32)19-12-35-14-25-19/h2-5,8,10-12,14H,6-7,9,13H2,1H3/t23-/m0/s1. The van der Waals surface area contributed by atoms with Crippen molar-refractivity contribution in [2.75, 3.05) is 13.1 Å². The number of hydrogen-bond acceptors (Lipinski definition) is 8. The summed E-state index contributed by atoms with van der Waals surface area (Å²) in [4.78, 5) is 19.4. The van der Waals surface area contributed by atoms with Gasteiger partial charge in [0, 0.05) is 25.5 Å². The zero-order valence-electron chi connectivity index (χ0n) is 19.1. The Labute approximate surface area is 209 Å². The highest BCUT2D eigenvalue weighted by atomic mass is 32.2. The van der Waals surface area contributed by atoms with Gasteiger partial charge in [0.2, 0.25) is 5.03 Å². The van der Waals surface area contributed by atoms with Gasteiger partial charge < -0.3 is 0 Å². The number of fused-ring (bicyclic) bond motifs is 2. The minimum absolute atomic E-state index is 0.0464. The second kappa shape index (κ2) is 8.25. The second-order valence-electron chi connectivity index (χ2n) is 8.84. The first kappa shape index (κ1) is 22.9. The molecule has 1 atom stereocenters. The van der Waals surface area contributed by atoms with Gasteiger partial charge in [-0.15, -0.1) is 16.4 Å². The molecule has 1 aliphatic carbocycles. The molecule has 4 heterocycles. The van der Waals surface area contributed by atoms with Crippen LogP contribution in [0.15, 0.2) is 58.1 Å². The van der Waals surface area contributed by atoms with E-state index in [9.17, 15) is 17.6 Å². The lowest BCUT2D eigenvalue weighted by Gasteiger charge is -2.44. The first-order valence-corrected chi connectivity index (χ1v) is 13.5. The van der Waals surface area contributed by atoms with Crippen LogP contribution in [0.1, 0.15) is 28.2 Å². The molecule has 3 aromatic heterocycles. The van der Waals surface area contributed by atoms with Crippen LogP contribution >= 0.6 is 11.3 Å². The molecule has 13 heteroatoms. The summed E-state index contributed by atoms with van der Waals surface area (Å²) in [5.41, 5.74) is 3.86. The number of aryl methyl sites for hydroxylation is 1. The van der Waals surface area contributed by atoms with E-state index in [4.69, 9.17) is 0 Å². The minimum atomic E-state index is -3.97. The van der Waals surface area contributed by atoms with Gasteiger partial charge in [0.05, 0.1) is 34.7 Å². The predicted molar refractivity (Wildman–Crippen MR) is 128 cm³/mol. The number of nitrogens with zero attached hydrogens (tertiary/aromatic N) is 7. The van der Waals surface area contributed by atoms with Crippen molar-refractivity contribution in [3.05, 3.63) is 75.9 Å². The molecule has 1 aromatic carbocycles. The zero-order valence-corrected chi connectivity index (χ0v) is 20.7. The van der Waals surface area contributed by atoms with E-state index in [1.807, 2.05) is 6.08 Å². The van der Waals surface area contributed by atoms with Crippen LogP contribution in [0.4, 0.5) is 4.39 Å². The summed E-state index contributed by atoms with van der Waals surface area (Å²) in [5.74, 6) is -0.572. The fourth-order valence-electron chi connectivity index (χ4n) is 4.96. The highest BCUT2D eigenvalue weighted by Gasteiger charge is 2.51. The van der Waals surface area contributed by atoms with Gasteiger partial charge in [0.1, 0.15) is 11.5 Å². The van der Waals surface area contributed by atoms with Gasteiger partial charge in [0.15, 0.2) is 5.78 Å². The molecular formula is C23H20FN7O3S2. The van der Waals surface area contributed by atoms with Gasteiger partial charge in [-0.25, -0.2) is 22.5 Å². The number of piperidine rings is 1. The molecule has 0 amide bonds. The summed E-state index contributed by atoms with van der Waals surface area (Å²) in [6.45, 7) is 0.145. The number of halogens is 1. The van der Waals surface area contributed by atoms with Crippen LogP contribution in [0.2, 0.25) is 0 Å². The topological polar surface area (TPSA) is 116 Å². The highest BCUT2D eigenvalue weighted by Crippen LogP contribution is 2.47. The summed E-state index contributed by atoms with van der Waals surface area (Å²) in [6, 6.07) is 6.01. The summed E-state index contributed by atoms with van der Waals surface area (Å²) >= 11 is 1.31. The van der Waals surface area contributed by atoms with Crippen molar-refractivity contribution in [2.45, 2.75) is 17.9 Å². The lowest BCUT2D eigenvalue weighted by Crippen LogP contribution is -2.53. The molecule has 10 nitrogen and oxygen atoms in total. The van der Waals surface area contributed by atoms with Crippen molar-refractivity contribution in [2.24, 2.45) is 12.5 Å². The summed E-state index contributed by atoms with van der Waals surface area (Å²) < 4.78 is 43.3.